The third kappa shape index (κ3) is 3.58. The normalized spacial score (nSPS) is 10.7. The molecule has 0 aromatic heterocycles. The molecule has 0 saturated carbocycles. The molecular weight excluding hydrogens is 360 g/mol. The van der Waals surface area contributed by atoms with Crippen LogP contribution in [-0.2, 0) is 9.47 Å². The van der Waals surface area contributed by atoms with E-state index in [0.717, 1.165) is 11.1 Å². The first-order valence-corrected chi connectivity index (χ1v) is 9.11. The van der Waals surface area contributed by atoms with Crippen LogP contribution in [0.15, 0.2) is 36.4 Å². The van der Waals surface area contributed by atoms with Gasteiger partial charge in [-0.2, -0.15) is 0 Å². The summed E-state index contributed by atoms with van der Waals surface area (Å²) < 4.78 is 21.1. The highest BCUT2D eigenvalue weighted by Crippen LogP contribution is 2.45. The number of benzene rings is 3. The van der Waals surface area contributed by atoms with Crippen molar-refractivity contribution in [1.29, 1.82) is 0 Å². The minimum Gasteiger partial charge on any atom is -0.434 e. The summed E-state index contributed by atoms with van der Waals surface area (Å²) in [6.45, 7) is 7.72. The van der Waals surface area contributed by atoms with Crippen molar-refractivity contribution < 1.29 is 28.5 Å². The van der Waals surface area contributed by atoms with E-state index in [1.807, 2.05) is 44.2 Å². The predicted octanol–water partition coefficient (Wildman–Crippen LogP) is 5.68. The molecule has 0 aliphatic heterocycles. The van der Waals surface area contributed by atoms with Crippen LogP contribution in [0.3, 0.4) is 0 Å². The molecule has 0 spiro atoms. The average molecular weight is 382 g/mol. The molecule has 0 radical (unpaired) electrons. The molecule has 0 amide bonds. The molecule has 0 N–H and O–H groups in total. The lowest BCUT2D eigenvalue weighted by molar-refractivity contribution is 0.103. The molecule has 3 aromatic rings. The summed E-state index contributed by atoms with van der Waals surface area (Å²) in [5.74, 6) is 0.741. The van der Waals surface area contributed by atoms with E-state index in [1.165, 1.54) is 0 Å². The van der Waals surface area contributed by atoms with Crippen LogP contribution < -0.4 is 9.47 Å². The van der Waals surface area contributed by atoms with Crippen LogP contribution in [0.1, 0.15) is 25.0 Å². The largest absolute Gasteiger partial charge is 0.513 e. The third-order valence-corrected chi connectivity index (χ3v) is 4.52. The van der Waals surface area contributed by atoms with Gasteiger partial charge in [0.1, 0.15) is 5.75 Å². The maximum atomic E-state index is 12.1. The van der Waals surface area contributed by atoms with Crippen LogP contribution in [0, 0.1) is 13.8 Å². The lowest BCUT2D eigenvalue weighted by Crippen LogP contribution is -2.13. The first-order valence-electron chi connectivity index (χ1n) is 9.11. The molecule has 0 aliphatic carbocycles. The first-order chi connectivity index (χ1) is 13.5. The minimum atomic E-state index is -0.786. The third-order valence-electron chi connectivity index (χ3n) is 4.52. The summed E-state index contributed by atoms with van der Waals surface area (Å²) in [6.07, 6.45) is -1.57. The standard InChI is InChI=1S/C22H22O6/c1-5-25-21(23)27-19-15-9-7-8-10-16(15)20(28-22(24)26-6-2)18-14(4)13(3)11-12-17(18)19/h7-12H,5-6H2,1-4H3. The fourth-order valence-electron chi connectivity index (χ4n) is 3.13. The Morgan fingerprint density at radius 3 is 1.86 bits per heavy atom. The first kappa shape index (κ1) is 19.5. The van der Waals surface area contributed by atoms with Crippen molar-refractivity contribution in [3.63, 3.8) is 0 Å². The van der Waals surface area contributed by atoms with Crippen molar-refractivity contribution in [3.8, 4) is 11.5 Å². The maximum Gasteiger partial charge on any atom is 0.513 e. The van der Waals surface area contributed by atoms with Crippen LogP contribution in [0.2, 0.25) is 0 Å². The number of ether oxygens (including phenoxy) is 4. The monoisotopic (exact) mass is 382 g/mol. The summed E-state index contributed by atoms with van der Waals surface area (Å²) in [7, 11) is 0. The zero-order valence-electron chi connectivity index (χ0n) is 16.3. The summed E-state index contributed by atoms with van der Waals surface area (Å²) in [5, 5.41) is 2.60. The lowest BCUT2D eigenvalue weighted by Gasteiger charge is -2.18. The second-order valence-corrected chi connectivity index (χ2v) is 6.20. The summed E-state index contributed by atoms with van der Waals surface area (Å²) in [5.41, 5.74) is 1.93. The van der Waals surface area contributed by atoms with Gasteiger partial charge in [0, 0.05) is 21.5 Å². The molecule has 28 heavy (non-hydrogen) atoms. The summed E-state index contributed by atoms with van der Waals surface area (Å²) in [6, 6.07) is 11.0. The zero-order chi connectivity index (χ0) is 20.3. The number of aryl methyl sites for hydroxylation is 2. The quantitative estimate of drug-likeness (QED) is 0.328. The van der Waals surface area contributed by atoms with Crippen LogP contribution in [0.5, 0.6) is 11.5 Å². The Bertz CT molecular complexity index is 1050. The van der Waals surface area contributed by atoms with Crippen molar-refractivity contribution in [2.45, 2.75) is 27.7 Å². The number of carbonyl (C=O) groups excluding carboxylic acids is 2. The highest BCUT2D eigenvalue weighted by molar-refractivity contribution is 6.13. The van der Waals surface area contributed by atoms with E-state index in [0.29, 0.717) is 33.0 Å². The highest BCUT2D eigenvalue weighted by Gasteiger charge is 2.22. The number of carbonyl (C=O) groups is 2. The van der Waals surface area contributed by atoms with Crippen LogP contribution in [-0.4, -0.2) is 25.5 Å². The van der Waals surface area contributed by atoms with Crippen molar-refractivity contribution in [1.82, 2.24) is 0 Å². The molecule has 6 heteroatoms. The van der Waals surface area contributed by atoms with Crippen molar-refractivity contribution >= 4 is 33.9 Å². The van der Waals surface area contributed by atoms with Gasteiger partial charge >= 0.3 is 12.3 Å². The van der Waals surface area contributed by atoms with Crippen molar-refractivity contribution in [2.75, 3.05) is 13.2 Å². The topological polar surface area (TPSA) is 71.1 Å². The summed E-state index contributed by atoms with van der Waals surface area (Å²) >= 11 is 0. The molecule has 0 unspecified atom stereocenters. The van der Waals surface area contributed by atoms with Crippen molar-refractivity contribution in [3.05, 3.63) is 47.5 Å². The van der Waals surface area contributed by atoms with E-state index >= 15 is 0 Å². The highest BCUT2D eigenvalue weighted by atomic mass is 16.7. The minimum absolute atomic E-state index is 0.205. The van der Waals surface area contributed by atoms with Gasteiger partial charge in [-0.25, -0.2) is 9.59 Å². The van der Waals surface area contributed by atoms with E-state index in [9.17, 15) is 9.59 Å². The van der Waals surface area contributed by atoms with Crippen LogP contribution in [0.25, 0.3) is 21.5 Å². The molecule has 0 saturated heterocycles. The molecular formula is C22H22O6. The van der Waals surface area contributed by atoms with Gasteiger partial charge in [0.2, 0.25) is 0 Å². The van der Waals surface area contributed by atoms with Crippen molar-refractivity contribution in [2.24, 2.45) is 0 Å². The molecule has 0 fully saturated rings. The van der Waals surface area contributed by atoms with Crippen LogP contribution >= 0.6 is 0 Å². The molecule has 0 atom stereocenters. The van der Waals surface area contributed by atoms with Gasteiger partial charge in [-0.3, -0.25) is 0 Å². The molecule has 0 bridgehead atoms. The Morgan fingerprint density at radius 1 is 0.750 bits per heavy atom. The fraction of sp³-hybridized carbons (Fsp3) is 0.273. The second-order valence-electron chi connectivity index (χ2n) is 6.20. The number of hydrogen-bond donors (Lipinski definition) is 0. The van der Waals surface area contributed by atoms with Crippen LogP contribution in [0.4, 0.5) is 9.59 Å². The van der Waals surface area contributed by atoms with Gasteiger partial charge in [0.25, 0.3) is 0 Å². The van der Waals surface area contributed by atoms with Gasteiger partial charge in [-0.1, -0.05) is 36.4 Å². The molecule has 0 aliphatic rings. The average Bonchev–Trinajstić information content (AvgIpc) is 2.67. The van der Waals surface area contributed by atoms with E-state index in [2.05, 4.69) is 0 Å². The fourth-order valence-corrected chi connectivity index (χ4v) is 3.13. The van der Waals surface area contributed by atoms with E-state index in [1.54, 1.807) is 19.9 Å². The Hall–Kier alpha value is -3.28. The second kappa shape index (κ2) is 8.17. The van der Waals surface area contributed by atoms with Gasteiger partial charge in [-0.15, -0.1) is 0 Å². The molecule has 6 nitrogen and oxygen atoms in total. The maximum absolute atomic E-state index is 12.1. The molecule has 3 aromatic carbocycles. The van der Waals surface area contributed by atoms with Gasteiger partial charge < -0.3 is 18.9 Å². The Balaban J connectivity index is 2.36. The number of rotatable bonds is 4. The summed E-state index contributed by atoms with van der Waals surface area (Å²) in [4.78, 5) is 24.1. The Kier molecular flexibility index (Phi) is 5.68. The van der Waals surface area contributed by atoms with Gasteiger partial charge in [-0.05, 0) is 38.8 Å². The SMILES string of the molecule is CCOC(=O)Oc1c2ccccc2c(OC(=O)OCC)c2c(C)c(C)ccc12. The Morgan fingerprint density at radius 2 is 1.29 bits per heavy atom. The lowest BCUT2D eigenvalue weighted by atomic mass is 9.95. The number of hydrogen-bond acceptors (Lipinski definition) is 6. The van der Waals surface area contributed by atoms with E-state index in [4.69, 9.17) is 18.9 Å². The molecule has 0 heterocycles. The van der Waals surface area contributed by atoms with Gasteiger partial charge in [0.15, 0.2) is 5.75 Å². The molecule has 146 valence electrons. The number of fused-ring (bicyclic) bond motifs is 2. The zero-order valence-corrected chi connectivity index (χ0v) is 16.3. The van der Waals surface area contributed by atoms with E-state index in [-0.39, 0.29) is 13.2 Å². The smallest absolute Gasteiger partial charge is 0.434 e. The predicted molar refractivity (Wildman–Crippen MR) is 106 cm³/mol. The van der Waals surface area contributed by atoms with E-state index < -0.39 is 12.3 Å². The molecule has 3 rings (SSSR count). The van der Waals surface area contributed by atoms with Gasteiger partial charge in [0.05, 0.1) is 13.2 Å². The Labute approximate surface area is 162 Å².